The molecule has 6 heteroatoms. The van der Waals surface area contributed by atoms with Crippen LogP contribution in [0.25, 0.3) is 0 Å². The van der Waals surface area contributed by atoms with E-state index in [1.54, 1.807) is 6.07 Å². The van der Waals surface area contributed by atoms with Crippen molar-refractivity contribution >= 4 is 12.4 Å². The van der Waals surface area contributed by atoms with E-state index in [4.69, 9.17) is 0 Å². The van der Waals surface area contributed by atoms with Gasteiger partial charge in [0.15, 0.2) is 11.5 Å². The third-order valence-corrected chi connectivity index (χ3v) is 3.15. The molecule has 18 heavy (non-hydrogen) atoms. The Hall–Kier alpha value is -1.01. The van der Waals surface area contributed by atoms with Crippen LogP contribution in [-0.4, -0.2) is 53.0 Å². The summed E-state index contributed by atoms with van der Waals surface area (Å²) in [5, 5.41) is 31.5. The average molecular weight is 275 g/mol. The van der Waals surface area contributed by atoms with Gasteiger partial charge in [0.2, 0.25) is 0 Å². The number of aliphatic hydroxyl groups is 1. The largest absolute Gasteiger partial charge is 0.504 e. The van der Waals surface area contributed by atoms with Gasteiger partial charge in [-0.25, -0.2) is 0 Å². The van der Waals surface area contributed by atoms with Gasteiger partial charge in [-0.15, -0.1) is 12.4 Å². The van der Waals surface area contributed by atoms with Gasteiger partial charge in [-0.05, 0) is 17.7 Å². The minimum atomic E-state index is -0.143. The van der Waals surface area contributed by atoms with E-state index in [9.17, 15) is 15.3 Å². The average Bonchev–Trinajstić information content (AvgIpc) is 2.36. The highest BCUT2D eigenvalue weighted by Crippen LogP contribution is 2.30. The fourth-order valence-electron chi connectivity index (χ4n) is 2.17. The van der Waals surface area contributed by atoms with Crippen LogP contribution >= 0.6 is 12.4 Å². The quantitative estimate of drug-likeness (QED) is 0.603. The molecule has 1 aromatic rings. The lowest BCUT2D eigenvalue weighted by Gasteiger charge is -2.34. The lowest BCUT2D eigenvalue weighted by molar-refractivity contribution is 0.110. The smallest absolute Gasteiger partial charge is 0.157 e. The van der Waals surface area contributed by atoms with Crippen LogP contribution in [0.15, 0.2) is 18.2 Å². The van der Waals surface area contributed by atoms with Crippen molar-refractivity contribution in [3.63, 3.8) is 0 Å². The molecule has 1 saturated heterocycles. The zero-order chi connectivity index (χ0) is 12.3. The van der Waals surface area contributed by atoms with Gasteiger partial charge in [0.1, 0.15) is 0 Å². The van der Waals surface area contributed by atoms with Crippen LogP contribution in [0, 0.1) is 0 Å². The predicted molar refractivity (Wildman–Crippen MR) is 71.3 cm³/mol. The van der Waals surface area contributed by atoms with E-state index < -0.39 is 0 Å². The fourth-order valence-corrected chi connectivity index (χ4v) is 2.17. The van der Waals surface area contributed by atoms with Gasteiger partial charge in [0.05, 0.1) is 12.6 Å². The van der Waals surface area contributed by atoms with Gasteiger partial charge in [0.25, 0.3) is 0 Å². The van der Waals surface area contributed by atoms with E-state index >= 15 is 0 Å². The van der Waals surface area contributed by atoms with Crippen LogP contribution in [0.3, 0.4) is 0 Å². The molecule has 0 spiro atoms. The Morgan fingerprint density at radius 1 is 1.17 bits per heavy atom. The predicted octanol–water partition coefficient (Wildman–Crippen LogP) is 0.458. The third-order valence-electron chi connectivity index (χ3n) is 3.15. The van der Waals surface area contributed by atoms with Crippen LogP contribution in [0.2, 0.25) is 0 Å². The summed E-state index contributed by atoms with van der Waals surface area (Å²) in [6, 6.07) is 4.58. The second-order valence-corrected chi connectivity index (χ2v) is 4.23. The van der Waals surface area contributed by atoms with Crippen molar-refractivity contribution in [2.75, 3.05) is 32.8 Å². The number of nitrogens with zero attached hydrogens (tertiary/aromatic N) is 1. The van der Waals surface area contributed by atoms with Gasteiger partial charge >= 0.3 is 0 Å². The standard InChI is InChI=1S/C12H18N2O3.ClH/c15-8-10(14-5-3-13-4-6-14)9-1-2-11(16)12(17)7-9;/h1-2,7,10,13,15-17H,3-6,8H2;1H/t10-;/m1./s1. The van der Waals surface area contributed by atoms with Gasteiger partial charge in [-0.3, -0.25) is 4.90 Å². The molecule has 1 aliphatic rings. The maximum atomic E-state index is 9.49. The molecule has 102 valence electrons. The molecule has 4 N–H and O–H groups in total. The first-order chi connectivity index (χ1) is 8.22. The molecule has 1 aliphatic heterocycles. The van der Waals surface area contributed by atoms with Crippen molar-refractivity contribution < 1.29 is 15.3 Å². The fraction of sp³-hybridized carbons (Fsp3) is 0.500. The van der Waals surface area contributed by atoms with Crippen LogP contribution < -0.4 is 5.32 Å². The Bertz CT molecular complexity index is 384. The molecule has 1 heterocycles. The van der Waals surface area contributed by atoms with Crippen LogP contribution in [0.5, 0.6) is 11.5 Å². The number of phenols is 2. The lowest BCUT2D eigenvalue weighted by Crippen LogP contribution is -2.46. The van der Waals surface area contributed by atoms with Gasteiger partial charge < -0.3 is 20.6 Å². The number of phenolic OH excluding ortho intramolecular Hbond substituents is 2. The summed E-state index contributed by atoms with van der Waals surface area (Å²) in [7, 11) is 0. The molecule has 5 nitrogen and oxygen atoms in total. The Balaban J connectivity index is 0.00000162. The summed E-state index contributed by atoms with van der Waals surface area (Å²) >= 11 is 0. The summed E-state index contributed by atoms with van der Waals surface area (Å²) in [6.45, 7) is 3.55. The zero-order valence-corrected chi connectivity index (χ0v) is 10.9. The van der Waals surface area contributed by atoms with E-state index in [-0.39, 0.29) is 36.6 Å². The van der Waals surface area contributed by atoms with E-state index in [0.717, 1.165) is 31.7 Å². The summed E-state index contributed by atoms with van der Waals surface area (Å²) in [5.74, 6) is -0.276. The van der Waals surface area contributed by atoms with E-state index in [1.165, 1.54) is 12.1 Å². The third kappa shape index (κ3) is 3.26. The first kappa shape index (κ1) is 15.0. The molecule has 0 bridgehead atoms. The minimum Gasteiger partial charge on any atom is -0.504 e. The Kier molecular flexibility index (Phi) is 5.68. The minimum absolute atomic E-state index is 0. The zero-order valence-electron chi connectivity index (χ0n) is 10.0. The molecular weight excluding hydrogens is 256 g/mol. The number of benzene rings is 1. The maximum Gasteiger partial charge on any atom is 0.157 e. The SMILES string of the molecule is Cl.OC[C@H](c1ccc(O)c(O)c1)N1CCNCC1. The van der Waals surface area contributed by atoms with Crippen LogP contribution in [0.4, 0.5) is 0 Å². The summed E-state index contributed by atoms with van der Waals surface area (Å²) < 4.78 is 0. The number of rotatable bonds is 3. The molecule has 0 radical (unpaired) electrons. The Labute approximate surface area is 112 Å². The monoisotopic (exact) mass is 274 g/mol. The molecule has 0 amide bonds. The molecule has 1 atom stereocenters. The Morgan fingerprint density at radius 3 is 2.39 bits per heavy atom. The molecule has 0 saturated carbocycles. The number of nitrogens with one attached hydrogen (secondary N) is 1. The van der Waals surface area contributed by atoms with Crippen molar-refractivity contribution in [2.24, 2.45) is 0 Å². The molecular formula is C12H19ClN2O3. The number of hydrogen-bond acceptors (Lipinski definition) is 5. The second kappa shape index (κ2) is 6.80. The molecule has 0 aromatic heterocycles. The van der Waals surface area contributed by atoms with Crippen molar-refractivity contribution in [1.82, 2.24) is 10.2 Å². The molecule has 1 aromatic carbocycles. The summed E-state index contributed by atoms with van der Waals surface area (Å²) in [4.78, 5) is 2.17. The van der Waals surface area contributed by atoms with Crippen molar-refractivity contribution in [2.45, 2.75) is 6.04 Å². The molecule has 0 unspecified atom stereocenters. The van der Waals surface area contributed by atoms with Gasteiger partial charge in [0, 0.05) is 26.2 Å². The highest BCUT2D eigenvalue weighted by Gasteiger charge is 2.22. The number of aromatic hydroxyl groups is 2. The number of hydrogen-bond donors (Lipinski definition) is 4. The van der Waals surface area contributed by atoms with Crippen molar-refractivity contribution in [3.8, 4) is 11.5 Å². The lowest BCUT2D eigenvalue weighted by atomic mass is 10.0. The second-order valence-electron chi connectivity index (χ2n) is 4.23. The maximum absolute atomic E-state index is 9.49. The van der Waals surface area contributed by atoms with E-state index in [2.05, 4.69) is 10.2 Å². The first-order valence-electron chi connectivity index (χ1n) is 5.80. The van der Waals surface area contributed by atoms with E-state index in [0.29, 0.717) is 0 Å². The highest BCUT2D eigenvalue weighted by molar-refractivity contribution is 5.85. The summed E-state index contributed by atoms with van der Waals surface area (Å²) in [5.41, 5.74) is 0.824. The van der Waals surface area contributed by atoms with Crippen molar-refractivity contribution in [1.29, 1.82) is 0 Å². The first-order valence-corrected chi connectivity index (χ1v) is 5.80. The number of halogens is 1. The van der Waals surface area contributed by atoms with Gasteiger partial charge in [-0.1, -0.05) is 6.07 Å². The van der Waals surface area contributed by atoms with Gasteiger partial charge in [-0.2, -0.15) is 0 Å². The van der Waals surface area contributed by atoms with Crippen LogP contribution in [-0.2, 0) is 0 Å². The number of aliphatic hydroxyl groups excluding tert-OH is 1. The molecule has 2 rings (SSSR count). The topological polar surface area (TPSA) is 76.0 Å². The highest BCUT2D eigenvalue weighted by atomic mass is 35.5. The van der Waals surface area contributed by atoms with E-state index in [1.807, 2.05) is 0 Å². The number of piperazine rings is 1. The molecule has 1 fully saturated rings. The molecule has 0 aliphatic carbocycles. The Morgan fingerprint density at radius 2 is 1.83 bits per heavy atom. The normalized spacial score (nSPS) is 18.1. The van der Waals surface area contributed by atoms with Crippen molar-refractivity contribution in [3.05, 3.63) is 23.8 Å². The van der Waals surface area contributed by atoms with Crippen LogP contribution in [0.1, 0.15) is 11.6 Å². The summed E-state index contributed by atoms with van der Waals surface area (Å²) in [6.07, 6.45) is 0.